The molecule has 0 bridgehead atoms. The van der Waals surface area contributed by atoms with Crippen molar-refractivity contribution in [2.45, 2.75) is 84.7 Å². The number of benzene rings is 1. The first-order chi connectivity index (χ1) is 12.2. The van der Waals surface area contributed by atoms with Crippen molar-refractivity contribution < 1.29 is 9.67 Å². The molecule has 0 radical (unpaired) electrons. The van der Waals surface area contributed by atoms with Crippen LogP contribution in [0.3, 0.4) is 0 Å². The van der Waals surface area contributed by atoms with Crippen LogP contribution < -0.4 is 4.57 Å². The summed E-state index contributed by atoms with van der Waals surface area (Å²) in [5, 5.41) is 9.36. The van der Waals surface area contributed by atoms with Gasteiger partial charge in [-0.1, -0.05) is 57.6 Å². The zero-order valence-corrected chi connectivity index (χ0v) is 16.1. The van der Waals surface area contributed by atoms with Crippen LogP contribution in [0, 0.1) is 6.92 Å². The second-order valence-electron chi connectivity index (χ2n) is 7.12. The minimum atomic E-state index is 0.337. The van der Waals surface area contributed by atoms with Gasteiger partial charge in [0.2, 0.25) is 0 Å². The molecule has 0 spiro atoms. The van der Waals surface area contributed by atoms with Gasteiger partial charge in [0.1, 0.15) is 18.1 Å². The van der Waals surface area contributed by atoms with Gasteiger partial charge < -0.3 is 5.11 Å². The molecule has 0 aliphatic rings. The van der Waals surface area contributed by atoms with Crippen LogP contribution in [0.25, 0.3) is 0 Å². The van der Waals surface area contributed by atoms with Crippen LogP contribution in [-0.2, 0) is 19.5 Å². The molecule has 0 aliphatic heterocycles. The zero-order valence-electron chi connectivity index (χ0n) is 16.1. The van der Waals surface area contributed by atoms with Gasteiger partial charge >= 0.3 is 0 Å². The summed E-state index contributed by atoms with van der Waals surface area (Å²) in [7, 11) is 0. The number of aromatic nitrogens is 2. The summed E-state index contributed by atoms with van der Waals surface area (Å²) < 4.78 is 4.71. The third kappa shape index (κ3) is 6.93. The maximum atomic E-state index is 9.36. The summed E-state index contributed by atoms with van der Waals surface area (Å²) in [6.45, 7) is 6.60. The minimum Gasteiger partial charge on any atom is -0.508 e. The molecule has 0 amide bonds. The lowest BCUT2D eigenvalue weighted by atomic mass is 10.1. The zero-order chi connectivity index (χ0) is 17.9. The van der Waals surface area contributed by atoms with Gasteiger partial charge in [0, 0.05) is 13.3 Å². The fraction of sp³-hybridized carbons (Fsp3) is 0.591. The summed E-state index contributed by atoms with van der Waals surface area (Å²) in [5.41, 5.74) is 1.26. The second-order valence-corrected chi connectivity index (χ2v) is 7.12. The molecule has 1 N–H and O–H groups in total. The van der Waals surface area contributed by atoms with Crippen molar-refractivity contribution in [3.8, 4) is 5.75 Å². The van der Waals surface area contributed by atoms with E-state index < -0.39 is 0 Å². The molecule has 2 aromatic rings. The van der Waals surface area contributed by atoms with E-state index in [2.05, 4.69) is 35.4 Å². The highest BCUT2D eigenvalue weighted by atomic mass is 16.3. The Labute approximate surface area is 153 Å². The first-order valence-corrected chi connectivity index (χ1v) is 10.0. The summed E-state index contributed by atoms with van der Waals surface area (Å²) in [4.78, 5) is 0. The second kappa shape index (κ2) is 11.0. The SMILES string of the molecule is CCCCCCCCCC[n+]1ccn(CCc2ccc(O)cc2)c1C. The van der Waals surface area contributed by atoms with Crippen LogP contribution in [0.15, 0.2) is 36.7 Å². The largest absolute Gasteiger partial charge is 0.508 e. The van der Waals surface area contributed by atoms with E-state index in [0.29, 0.717) is 5.75 Å². The molecular weight excluding hydrogens is 308 g/mol. The van der Waals surface area contributed by atoms with Gasteiger partial charge in [-0.3, -0.25) is 0 Å². The van der Waals surface area contributed by atoms with E-state index in [9.17, 15) is 5.11 Å². The maximum absolute atomic E-state index is 9.36. The highest BCUT2D eigenvalue weighted by molar-refractivity contribution is 5.25. The molecule has 0 fully saturated rings. The van der Waals surface area contributed by atoms with E-state index in [1.165, 1.54) is 62.8 Å². The standard InChI is InChI=1S/C22H34N2O/c1-3-4-5-6-7-8-9-10-16-23-18-19-24(20(23)2)17-15-21-11-13-22(25)14-12-21/h11-14,18-19H,3-10,15-17H2,1-2H3/p+1. The van der Waals surface area contributed by atoms with Crippen molar-refractivity contribution in [2.75, 3.05) is 0 Å². The fourth-order valence-corrected chi connectivity index (χ4v) is 3.34. The van der Waals surface area contributed by atoms with Crippen LogP contribution in [-0.4, -0.2) is 9.67 Å². The summed E-state index contributed by atoms with van der Waals surface area (Å²) in [6, 6.07) is 7.53. The van der Waals surface area contributed by atoms with Crippen LogP contribution in [0.4, 0.5) is 0 Å². The first-order valence-electron chi connectivity index (χ1n) is 10.0. The Morgan fingerprint density at radius 2 is 1.56 bits per heavy atom. The molecule has 3 heteroatoms. The van der Waals surface area contributed by atoms with Gasteiger partial charge in [-0.2, -0.15) is 0 Å². The number of hydrogen-bond donors (Lipinski definition) is 1. The van der Waals surface area contributed by atoms with Crippen molar-refractivity contribution in [2.24, 2.45) is 0 Å². The number of nitrogens with zero attached hydrogens (tertiary/aromatic N) is 2. The van der Waals surface area contributed by atoms with Crippen LogP contribution in [0.5, 0.6) is 5.75 Å². The molecule has 0 unspecified atom stereocenters. The van der Waals surface area contributed by atoms with E-state index in [1.54, 1.807) is 12.1 Å². The first kappa shape index (κ1) is 19.6. The predicted octanol–water partition coefficient (Wildman–Crippen LogP) is 5.17. The van der Waals surface area contributed by atoms with Gasteiger partial charge in [0.25, 0.3) is 5.82 Å². The number of unbranched alkanes of at least 4 members (excludes halogenated alkanes) is 7. The number of imidazole rings is 1. The van der Waals surface area contributed by atoms with Crippen LogP contribution in [0.1, 0.15) is 69.7 Å². The lowest BCUT2D eigenvalue weighted by Gasteiger charge is -2.03. The molecule has 138 valence electrons. The Hall–Kier alpha value is -1.77. The Morgan fingerprint density at radius 1 is 0.920 bits per heavy atom. The number of aryl methyl sites for hydroxylation is 3. The van der Waals surface area contributed by atoms with E-state index in [-0.39, 0.29) is 0 Å². The van der Waals surface area contributed by atoms with E-state index in [4.69, 9.17) is 0 Å². The number of phenolic OH excluding ortho intramolecular Hbond substituents is 1. The van der Waals surface area contributed by atoms with E-state index in [0.717, 1.165) is 19.5 Å². The van der Waals surface area contributed by atoms with Crippen molar-refractivity contribution in [3.63, 3.8) is 0 Å². The van der Waals surface area contributed by atoms with Crippen molar-refractivity contribution in [1.82, 2.24) is 4.57 Å². The summed E-state index contributed by atoms with van der Waals surface area (Å²) in [5.74, 6) is 1.67. The topological polar surface area (TPSA) is 29.0 Å². The summed E-state index contributed by atoms with van der Waals surface area (Å²) in [6.07, 6.45) is 16.4. The Morgan fingerprint density at radius 3 is 2.24 bits per heavy atom. The predicted molar refractivity (Wildman–Crippen MR) is 104 cm³/mol. The molecule has 2 rings (SSSR count). The Balaban J connectivity index is 1.67. The number of hydrogen-bond acceptors (Lipinski definition) is 1. The molecule has 0 atom stereocenters. The molecule has 1 heterocycles. The summed E-state index contributed by atoms with van der Waals surface area (Å²) >= 11 is 0. The number of phenols is 1. The van der Waals surface area contributed by atoms with Gasteiger partial charge in [-0.15, -0.1) is 0 Å². The molecule has 1 aromatic carbocycles. The third-order valence-electron chi connectivity index (χ3n) is 5.09. The van der Waals surface area contributed by atoms with Crippen LogP contribution in [0.2, 0.25) is 0 Å². The maximum Gasteiger partial charge on any atom is 0.253 e. The third-order valence-corrected chi connectivity index (χ3v) is 5.09. The quantitative estimate of drug-likeness (QED) is 0.418. The number of aromatic hydroxyl groups is 1. The molecular formula is C22H35N2O+. The van der Waals surface area contributed by atoms with Crippen molar-refractivity contribution in [1.29, 1.82) is 0 Å². The smallest absolute Gasteiger partial charge is 0.253 e. The normalized spacial score (nSPS) is 11.1. The minimum absolute atomic E-state index is 0.337. The monoisotopic (exact) mass is 343 g/mol. The number of rotatable bonds is 12. The van der Waals surface area contributed by atoms with Crippen LogP contribution >= 0.6 is 0 Å². The van der Waals surface area contributed by atoms with E-state index in [1.807, 2.05) is 12.1 Å². The lowest BCUT2D eigenvalue weighted by Crippen LogP contribution is -2.35. The van der Waals surface area contributed by atoms with Gasteiger partial charge in [-0.25, -0.2) is 9.13 Å². The van der Waals surface area contributed by atoms with Gasteiger partial charge in [0.05, 0.1) is 13.1 Å². The van der Waals surface area contributed by atoms with E-state index >= 15 is 0 Å². The lowest BCUT2D eigenvalue weighted by molar-refractivity contribution is -0.702. The molecule has 0 aliphatic carbocycles. The van der Waals surface area contributed by atoms with Gasteiger partial charge in [0.15, 0.2) is 0 Å². The highest BCUT2D eigenvalue weighted by Gasteiger charge is 2.11. The van der Waals surface area contributed by atoms with Gasteiger partial charge in [-0.05, 0) is 30.5 Å². The Bertz CT molecular complexity index is 601. The molecule has 0 saturated carbocycles. The van der Waals surface area contributed by atoms with Crippen molar-refractivity contribution in [3.05, 3.63) is 48.0 Å². The molecule has 25 heavy (non-hydrogen) atoms. The molecule has 3 nitrogen and oxygen atoms in total. The average Bonchev–Trinajstić information content (AvgIpc) is 2.97. The Kier molecular flexibility index (Phi) is 8.58. The molecule has 0 saturated heterocycles. The van der Waals surface area contributed by atoms with Crippen molar-refractivity contribution >= 4 is 0 Å². The molecule has 1 aromatic heterocycles. The fourth-order valence-electron chi connectivity index (χ4n) is 3.34. The highest BCUT2D eigenvalue weighted by Crippen LogP contribution is 2.11. The average molecular weight is 344 g/mol.